The average Bonchev–Trinajstić information content (AvgIpc) is 2.66. The van der Waals surface area contributed by atoms with E-state index in [0.29, 0.717) is 12.2 Å². The molecule has 0 bridgehead atoms. The van der Waals surface area contributed by atoms with Crippen LogP contribution in [0.15, 0.2) is 42.0 Å². The van der Waals surface area contributed by atoms with Crippen molar-refractivity contribution in [2.45, 2.75) is 25.1 Å². The van der Waals surface area contributed by atoms with Crippen LogP contribution in [0, 0.1) is 0 Å². The van der Waals surface area contributed by atoms with Crippen molar-refractivity contribution in [1.82, 2.24) is 0 Å². The fraction of sp³-hybridized carbons (Fsp3) is 0.200. The highest BCUT2D eigenvalue weighted by Gasteiger charge is 2.48. The maximum atomic E-state index is 13.2. The Kier molecular flexibility index (Phi) is 5.93. The van der Waals surface area contributed by atoms with Gasteiger partial charge < -0.3 is 19.7 Å². The van der Waals surface area contributed by atoms with Gasteiger partial charge in [-0.2, -0.15) is 13.2 Å². The second-order valence-electron chi connectivity index (χ2n) is 6.40. The van der Waals surface area contributed by atoms with E-state index in [1.165, 1.54) is 6.07 Å². The first-order chi connectivity index (χ1) is 14.0. The van der Waals surface area contributed by atoms with Crippen molar-refractivity contribution in [3.05, 3.63) is 58.1 Å². The molecule has 10 heteroatoms. The highest BCUT2D eigenvalue weighted by atomic mass is 35.5. The highest BCUT2D eigenvalue weighted by Crippen LogP contribution is 2.42. The van der Waals surface area contributed by atoms with Crippen molar-refractivity contribution in [1.29, 1.82) is 0 Å². The smallest absolute Gasteiger partial charge is 0.430 e. The van der Waals surface area contributed by atoms with Crippen LogP contribution in [0.5, 0.6) is 17.2 Å². The average molecular weight is 443 g/mol. The van der Waals surface area contributed by atoms with Gasteiger partial charge in [0.05, 0.1) is 10.6 Å². The summed E-state index contributed by atoms with van der Waals surface area (Å²) in [5, 5.41) is 17.8. The van der Waals surface area contributed by atoms with Crippen molar-refractivity contribution >= 4 is 29.6 Å². The molecule has 0 radical (unpaired) electrons. The Labute approximate surface area is 173 Å². The number of benzene rings is 2. The third-order valence-electron chi connectivity index (χ3n) is 4.23. The molecule has 2 N–H and O–H groups in total. The topological polar surface area (TPSA) is 93.1 Å². The van der Waals surface area contributed by atoms with Gasteiger partial charge in [-0.3, -0.25) is 4.79 Å². The number of carboxylic acid groups (broad SMARTS) is 2. The summed E-state index contributed by atoms with van der Waals surface area (Å²) < 4.78 is 50.1. The summed E-state index contributed by atoms with van der Waals surface area (Å²) in [5.41, 5.74) is -0.102. The number of carboxylic acids is 2. The second-order valence-corrected chi connectivity index (χ2v) is 6.81. The van der Waals surface area contributed by atoms with Gasteiger partial charge in [0.25, 0.3) is 0 Å². The van der Waals surface area contributed by atoms with E-state index in [1.807, 2.05) is 0 Å². The molecule has 0 spiro atoms. The molecule has 6 nitrogen and oxygen atoms in total. The quantitative estimate of drug-likeness (QED) is 0.658. The van der Waals surface area contributed by atoms with Crippen molar-refractivity contribution in [2.75, 3.05) is 0 Å². The first-order valence-corrected chi connectivity index (χ1v) is 8.93. The van der Waals surface area contributed by atoms with Crippen molar-refractivity contribution in [3.63, 3.8) is 0 Å². The number of alkyl halides is 3. The Morgan fingerprint density at radius 1 is 1.13 bits per heavy atom. The highest BCUT2D eigenvalue weighted by molar-refractivity contribution is 6.32. The molecule has 158 valence electrons. The van der Waals surface area contributed by atoms with Gasteiger partial charge in [-0.05, 0) is 36.3 Å². The van der Waals surface area contributed by atoms with E-state index in [4.69, 9.17) is 31.3 Å². The van der Waals surface area contributed by atoms with Crippen LogP contribution in [0.3, 0.4) is 0 Å². The number of hydrogen-bond acceptors (Lipinski definition) is 4. The molecule has 1 heterocycles. The fourth-order valence-corrected chi connectivity index (χ4v) is 3.01. The molecule has 0 aromatic heterocycles. The molecular weight excluding hydrogens is 429 g/mol. The van der Waals surface area contributed by atoms with E-state index in [9.17, 15) is 22.8 Å². The van der Waals surface area contributed by atoms with Gasteiger partial charge in [0, 0.05) is 18.1 Å². The van der Waals surface area contributed by atoms with Crippen LogP contribution in [0.2, 0.25) is 5.02 Å². The van der Waals surface area contributed by atoms with Crippen LogP contribution < -0.4 is 9.47 Å². The Hall–Kier alpha value is -3.20. The van der Waals surface area contributed by atoms with E-state index >= 15 is 0 Å². The summed E-state index contributed by atoms with van der Waals surface area (Å²) in [6.45, 7) is 0. The van der Waals surface area contributed by atoms with Gasteiger partial charge in [-0.1, -0.05) is 23.7 Å². The Morgan fingerprint density at radius 3 is 2.37 bits per heavy atom. The van der Waals surface area contributed by atoms with E-state index in [-0.39, 0.29) is 28.5 Å². The third-order valence-corrected chi connectivity index (χ3v) is 4.52. The lowest BCUT2D eigenvalue weighted by atomic mass is 10.0. The summed E-state index contributed by atoms with van der Waals surface area (Å²) >= 11 is 6.14. The zero-order chi connectivity index (χ0) is 22.1. The van der Waals surface area contributed by atoms with Crippen LogP contribution >= 0.6 is 11.6 Å². The van der Waals surface area contributed by atoms with Gasteiger partial charge in [0.15, 0.2) is 0 Å². The number of hydrogen-bond donors (Lipinski definition) is 2. The van der Waals surface area contributed by atoms with Gasteiger partial charge in [0.2, 0.25) is 6.10 Å². The van der Waals surface area contributed by atoms with Gasteiger partial charge in [-0.25, -0.2) is 4.79 Å². The van der Waals surface area contributed by atoms with Crippen LogP contribution in [0.25, 0.3) is 6.08 Å². The van der Waals surface area contributed by atoms with Gasteiger partial charge in [-0.15, -0.1) is 0 Å². The second kappa shape index (κ2) is 8.27. The lowest BCUT2D eigenvalue weighted by Crippen LogP contribution is -2.40. The van der Waals surface area contributed by atoms with Crippen LogP contribution in [0.4, 0.5) is 13.2 Å². The predicted molar refractivity (Wildman–Crippen MR) is 100 cm³/mol. The van der Waals surface area contributed by atoms with Gasteiger partial charge in [0.1, 0.15) is 17.2 Å². The fourth-order valence-electron chi connectivity index (χ4n) is 2.80. The molecule has 2 aromatic rings. The zero-order valence-corrected chi connectivity index (χ0v) is 15.8. The molecule has 2 aromatic carbocycles. The first kappa shape index (κ1) is 21.5. The minimum absolute atomic E-state index is 0.0156. The van der Waals surface area contributed by atoms with Gasteiger partial charge >= 0.3 is 18.1 Å². The molecule has 1 unspecified atom stereocenters. The van der Waals surface area contributed by atoms with E-state index in [0.717, 1.165) is 17.7 Å². The summed E-state index contributed by atoms with van der Waals surface area (Å²) in [6, 6.07) is 8.85. The molecule has 1 aliphatic rings. The molecule has 0 amide bonds. The number of carbonyl (C=O) groups is 2. The third kappa shape index (κ3) is 4.85. The Morgan fingerprint density at radius 2 is 1.80 bits per heavy atom. The molecule has 0 aliphatic carbocycles. The summed E-state index contributed by atoms with van der Waals surface area (Å²) in [6.07, 6.45) is -6.37. The maximum Gasteiger partial charge on any atom is 0.430 e. The van der Waals surface area contributed by atoms with Crippen LogP contribution in [0.1, 0.15) is 17.5 Å². The lowest BCUT2D eigenvalue weighted by Gasteiger charge is -2.27. The van der Waals surface area contributed by atoms with E-state index in [2.05, 4.69) is 0 Å². The zero-order valence-electron chi connectivity index (χ0n) is 15.1. The van der Waals surface area contributed by atoms with E-state index < -0.39 is 29.8 Å². The first-order valence-electron chi connectivity index (χ1n) is 8.55. The maximum absolute atomic E-state index is 13.2. The number of aryl methyl sites for hydroxylation is 1. The Bertz CT molecular complexity index is 1010. The molecule has 0 saturated carbocycles. The molecule has 0 fully saturated rings. The molecule has 30 heavy (non-hydrogen) atoms. The number of ether oxygens (including phenoxy) is 2. The molecule has 1 aliphatic heterocycles. The number of aliphatic carboxylic acids is 2. The predicted octanol–water partition coefficient (Wildman–Crippen LogP) is 4.94. The SMILES string of the molecule is O=C(O)CCc1ccc(Oc2cc3c(cc2Cl)C=C(C(=O)O)C(C(F)(F)F)O3)cc1. The van der Waals surface area contributed by atoms with Crippen LogP contribution in [-0.2, 0) is 16.0 Å². The lowest BCUT2D eigenvalue weighted by molar-refractivity contribution is -0.187. The monoisotopic (exact) mass is 442 g/mol. The van der Waals surface area contributed by atoms with Crippen molar-refractivity contribution in [3.8, 4) is 17.2 Å². The molecule has 0 saturated heterocycles. The standard InChI is InChI=1S/C20H14ClF3O6/c21-14-8-11-7-13(19(27)28)18(20(22,23)24)30-15(11)9-16(14)29-12-4-1-10(2-5-12)3-6-17(25)26/h1-2,4-5,7-9,18H,3,6H2,(H,25,26)(H,27,28). The Balaban J connectivity index is 1.86. The summed E-state index contributed by atoms with van der Waals surface area (Å²) in [7, 11) is 0. The molecular formula is C20H14ClF3O6. The minimum atomic E-state index is -4.92. The van der Waals surface area contributed by atoms with Crippen molar-refractivity contribution < 1.29 is 42.4 Å². The van der Waals surface area contributed by atoms with Crippen molar-refractivity contribution in [2.24, 2.45) is 0 Å². The minimum Gasteiger partial charge on any atom is -0.481 e. The largest absolute Gasteiger partial charge is 0.481 e. The van der Waals surface area contributed by atoms with Crippen LogP contribution in [-0.4, -0.2) is 34.4 Å². The van der Waals surface area contributed by atoms with E-state index in [1.54, 1.807) is 24.3 Å². The molecule has 3 rings (SSSR count). The number of fused-ring (bicyclic) bond motifs is 1. The summed E-state index contributed by atoms with van der Waals surface area (Å²) in [4.78, 5) is 21.8. The molecule has 1 atom stereocenters. The summed E-state index contributed by atoms with van der Waals surface area (Å²) in [5.74, 6) is -2.56. The normalized spacial score (nSPS) is 15.6. The number of halogens is 4. The number of rotatable bonds is 6.